The SMILES string of the molecule is CC(C)CSc1ccc(F)cc1C(=O)O. The van der Waals surface area contributed by atoms with Gasteiger partial charge in [-0.2, -0.15) is 0 Å². The van der Waals surface area contributed by atoms with Gasteiger partial charge in [-0.15, -0.1) is 11.8 Å². The molecule has 0 unspecified atom stereocenters. The van der Waals surface area contributed by atoms with Crippen LogP contribution in [0.25, 0.3) is 0 Å². The molecule has 0 aromatic heterocycles. The van der Waals surface area contributed by atoms with Crippen molar-refractivity contribution in [1.29, 1.82) is 0 Å². The molecule has 0 atom stereocenters. The van der Waals surface area contributed by atoms with Gasteiger partial charge in [-0.3, -0.25) is 0 Å². The number of carbonyl (C=O) groups is 1. The zero-order chi connectivity index (χ0) is 11.4. The van der Waals surface area contributed by atoms with E-state index in [0.717, 1.165) is 11.8 Å². The van der Waals surface area contributed by atoms with E-state index in [4.69, 9.17) is 5.11 Å². The van der Waals surface area contributed by atoms with Gasteiger partial charge >= 0.3 is 5.97 Å². The highest BCUT2D eigenvalue weighted by atomic mass is 32.2. The van der Waals surface area contributed by atoms with Crippen molar-refractivity contribution in [1.82, 2.24) is 0 Å². The summed E-state index contributed by atoms with van der Waals surface area (Å²) in [5.41, 5.74) is 0.0423. The largest absolute Gasteiger partial charge is 0.478 e. The van der Waals surface area contributed by atoms with Gasteiger partial charge in [-0.05, 0) is 24.1 Å². The van der Waals surface area contributed by atoms with E-state index in [1.807, 2.05) is 0 Å². The highest BCUT2D eigenvalue weighted by molar-refractivity contribution is 7.99. The van der Waals surface area contributed by atoms with E-state index < -0.39 is 11.8 Å². The second kappa shape index (κ2) is 5.16. The molecule has 82 valence electrons. The van der Waals surface area contributed by atoms with Gasteiger partial charge in [0.25, 0.3) is 0 Å². The Kier molecular flexibility index (Phi) is 4.15. The first-order valence-electron chi connectivity index (χ1n) is 4.66. The van der Waals surface area contributed by atoms with Crippen LogP contribution in [0.1, 0.15) is 24.2 Å². The van der Waals surface area contributed by atoms with E-state index in [-0.39, 0.29) is 5.56 Å². The van der Waals surface area contributed by atoms with Gasteiger partial charge in [0.1, 0.15) is 5.82 Å². The lowest BCUT2D eigenvalue weighted by atomic mass is 10.2. The van der Waals surface area contributed by atoms with Gasteiger partial charge in [0.05, 0.1) is 5.56 Å². The van der Waals surface area contributed by atoms with Gasteiger partial charge in [0.2, 0.25) is 0 Å². The van der Waals surface area contributed by atoms with Crippen molar-refractivity contribution in [3.8, 4) is 0 Å². The molecule has 0 saturated carbocycles. The van der Waals surface area contributed by atoms with Gasteiger partial charge in [-0.1, -0.05) is 13.8 Å². The van der Waals surface area contributed by atoms with Gasteiger partial charge in [-0.25, -0.2) is 9.18 Å². The Morgan fingerprint density at radius 1 is 1.53 bits per heavy atom. The second-order valence-electron chi connectivity index (χ2n) is 3.65. The molecule has 15 heavy (non-hydrogen) atoms. The number of hydrogen-bond donors (Lipinski definition) is 1. The lowest BCUT2D eigenvalue weighted by Crippen LogP contribution is -2.01. The van der Waals surface area contributed by atoms with E-state index in [2.05, 4.69) is 13.8 Å². The molecule has 0 aliphatic heterocycles. The predicted molar refractivity (Wildman–Crippen MR) is 58.9 cm³/mol. The number of benzene rings is 1. The lowest BCUT2D eigenvalue weighted by molar-refractivity contribution is 0.0692. The molecule has 2 nitrogen and oxygen atoms in total. The van der Waals surface area contributed by atoms with Crippen molar-refractivity contribution in [2.75, 3.05) is 5.75 Å². The Balaban J connectivity index is 2.91. The maximum atomic E-state index is 12.8. The third kappa shape index (κ3) is 3.55. The average Bonchev–Trinajstić information content (AvgIpc) is 2.15. The van der Waals surface area contributed by atoms with Crippen molar-refractivity contribution in [3.63, 3.8) is 0 Å². The third-order valence-corrected chi connectivity index (χ3v) is 3.24. The van der Waals surface area contributed by atoms with Crippen molar-refractivity contribution in [3.05, 3.63) is 29.6 Å². The molecule has 1 aromatic carbocycles. The maximum Gasteiger partial charge on any atom is 0.336 e. The standard InChI is InChI=1S/C11H13FO2S/c1-7(2)6-15-10-4-3-8(12)5-9(10)11(13)14/h3-5,7H,6H2,1-2H3,(H,13,14). The van der Waals surface area contributed by atoms with Crippen LogP contribution in [-0.4, -0.2) is 16.8 Å². The number of halogens is 1. The van der Waals surface area contributed by atoms with Crippen molar-refractivity contribution >= 4 is 17.7 Å². The molecule has 0 spiro atoms. The van der Waals surface area contributed by atoms with E-state index in [1.54, 1.807) is 0 Å². The molecule has 1 rings (SSSR count). The van der Waals surface area contributed by atoms with Gasteiger partial charge < -0.3 is 5.11 Å². The summed E-state index contributed by atoms with van der Waals surface area (Å²) in [4.78, 5) is 11.5. The summed E-state index contributed by atoms with van der Waals surface area (Å²) in [6.07, 6.45) is 0. The quantitative estimate of drug-likeness (QED) is 0.803. The van der Waals surface area contributed by atoms with Crippen LogP contribution in [0.15, 0.2) is 23.1 Å². The van der Waals surface area contributed by atoms with E-state index in [0.29, 0.717) is 10.8 Å². The molecule has 0 aliphatic carbocycles. The van der Waals surface area contributed by atoms with Crippen LogP contribution in [-0.2, 0) is 0 Å². The van der Waals surface area contributed by atoms with E-state index in [1.165, 1.54) is 23.9 Å². The number of carboxylic acid groups (broad SMARTS) is 1. The van der Waals surface area contributed by atoms with E-state index >= 15 is 0 Å². The highest BCUT2D eigenvalue weighted by Gasteiger charge is 2.11. The van der Waals surface area contributed by atoms with Crippen molar-refractivity contribution < 1.29 is 14.3 Å². The monoisotopic (exact) mass is 228 g/mol. The minimum atomic E-state index is -1.08. The number of thioether (sulfide) groups is 1. The molecule has 0 radical (unpaired) electrons. The summed E-state index contributed by atoms with van der Waals surface area (Å²) < 4.78 is 12.8. The first-order valence-corrected chi connectivity index (χ1v) is 5.65. The van der Waals surface area contributed by atoms with Crippen LogP contribution in [0.4, 0.5) is 4.39 Å². The predicted octanol–water partition coefficient (Wildman–Crippen LogP) is 3.27. The smallest absolute Gasteiger partial charge is 0.336 e. The minimum absolute atomic E-state index is 0.0423. The maximum absolute atomic E-state index is 12.8. The van der Waals surface area contributed by atoms with Crippen LogP contribution >= 0.6 is 11.8 Å². The molecule has 0 saturated heterocycles. The summed E-state index contributed by atoms with van der Waals surface area (Å²) in [7, 11) is 0. The fourth-order valence-electron chi connectivity index (χ4n) is 1.05. The fourth-order valence-corrected chi connectivity index (χ4v) is 2.03. The molecule has 0 aliphatic rings. The third-order valence-electron chi connectivity index (χ3n) is 1.74. The van der Waals surface area contributed by atoms with Crippen LogP contribution in [0.3, 0.4) is 0 Å². The minimum Gasteiger partial charge on any atom is -0.478 e. The summed E-state index contributed by atoms with van der Waals surface area (Å²) in [6, 6.07) is 3.87. The zero-order valence-electron chi connectivity index (χ0n) is 8.66. The van der Waals surface area contributed by atoms with Crippen LogP contribution in [0.2, 0.25) is 0 Å². The first kappa shape index (κ1) is 12.0. The zero-order valence-corrected chi connectivity index (χ0v) is 9.47. The number of hydrogen-bond acceptors (Lipinski definition) is 2. The highest BCUT2D eigenvalue weighted by Crippen LogP contribution is 2.25. The Labute approximate surface area is 92.5 Å². The first-order chi connectivity index (χ1) is 7.00. The molecule has 0 bridgehead atoms. The van der Waals surface area contributed by atoms with Crippen molar-refractivity contribution in [2.45, 2.75) is 18.7 Å². The molecule has 0 heterocycles. The van der Waals surface area contributed by atoms with Crippen molar-refractivity contribution in [2.24, 2.45) is 5.92 Å². The molecule has 0 fully saturated rings. The Morgan fingerprint density at radius 2 is 2.20 bits per heavy atom. The number of carboxylic acids is 1. The molecule has 1 aromatic rings. The lowest BCUT2D eigenvalue weighted by Gasteiger charge is -2.07. The molecule has 1 N–H and O–H groups in total. The van der Waals surface area contributed by atoms with Gasteiger partial charge in [0, 0.05) is 10.6 Å². The molecule has 4 heteroatoms. The fraction of sp³-hybridized carbons (Fsp3) is 0.364. The Bertz CT molecular complexity index is 364. The van der Waals surface area contributed by atoms with Crippen LogP contribution in [0.5, 0.6) is 0 Å². The summed E-state index contributed by atoms with van der Waals surface area (Å²) in [6.45, 7) is 4.11. The number of aromatic carboxylic acids is 1. The molecule has 0 amide bonds. The van der Waals surface area contributed by atoms with Crippen LogP contribution in [0, 0.1) is 11.7 Å². The molecular weight excluding hydrogens is 215 g/mol. The second-order valence-corrected chi connectivity index (χ2v) is 4.71. The normalized spacial score (nSPS) is 10.7. The Morgan fingerprint density at radius 3 is 2.73 bits per heavy atom. The summed E-state index contributed by atoms with van der Waals surface area (Å²) >= 11 is 1.44. The van der Waals surface area contributed by atoms with Crippen LogP contribution < -0.4 is 0 Å². The summed E-state index contributed by atoms with van der Waals surface area (Å²) in [5, 5.41) is 8.88. The average molecular weight is 228 g/mol. The van der Waals surface area contributed by atoms with E-state index in [9.17, 15) is 9.18 Å². The summed E-state index contributed by atoms with van der Waals surface area (Å²) in [5.74, 6) is -0.296. The number of rotatable bonds is 4. The van der Waals surface area contributed by atoms with Gasteiger partial charge in [0.15, 0.2) is 0 Å². The molecular formula is C11H13FO2S. The Hall–Kier alpha value is -1.03. The topological polar surface area (TPSA) is 37.3 Å².